The molecule has 0 fully saturated rings. The van der Waals surface area contributed by atoms with Gasteiger partial charge in [-0.2, -0.15) is 18.3 Å². The van der Waals surface area contributed by atoms with Crippen molar-refractivity contribution in [2.24, 2.45) is 5.73 Å². The number of aromatic amines is 1. The Morgan fingerprint density at radius 1 is 1.10 bits per heavy atom. The molecule has 5 rings (SSSR count). The lowest BCUT2D eigenvalue weighted by atomic mass is 10.1. The Bertz CT molecular complexity index is 1720. The van der Waals surface area contributed by atoms with Gasteiger partial charge in [-0.05, 0) is 48.0 Å². The Morgan fingerprint density at radius 3 is 2.64 bits per heavy atom. The molecule has 3 aromatic heterocycles. The number of hydrogen-bond donors (Lipinski definition) is 3. The molecule has 0 bridgehead atoms. The number of carbonyl (C=O) groups is 2. The van der Waals surface area contributed by atoms with E-state index in [1.165, 1.54) is 41.8 Å². The van der Waals surface area contributed by atoms with Gasteiger partial charge in [-0.25, -0.2) is 14.4 Å². The van der Waals surface area contributed by atoms with Gasteiger partial charge in [0, 0.05) is 11.8 Å². The fourth-order valence-electron chi connectivity index (χ4n) is 3.60. The van der Waals surface area contributed by atoms with Crippen molar-refractivity contribution in [3.63, 3.8) is 0 Å². The lowest BCUT2D eigenvalue weighted by Gasteiger charge is -2.09. The third-order valence-corrected chi connectivity index (χ3v) is 6.37. The van der Waals surface area contributed by atoms with Crippen LogP contribution in [0, 0.1) is 5.82 Å². The summed E-state index contributed by atoms with van der Waals surface area (Å²) in [5.41, 5.74) is 5.63. The molecule has 0 radical (unpaired) electrons. The Hall–Kier alpha value is -4.85. The maximum Gasteiger partial charge on any atom is 0.432 e. The van der Waals surface area contributed by atoms with E-state index in [-0.39, 0.29) is 34.4 Å². The van der Waals surface area contributed by atoms with E-state index in [0.29, 0.717) is 21.3 Å². The van der Waals surface area contributed by atoms with E-state index in [0.717, 1.165) is 12.1 Å². The van der Waals surface area contributed by atoms with E-state index in [4.69, 9.17) is 10.5 Å². The minimum absolute atomic E-state index is 0.0151. The zero-order valence-corrected chi connectivity index (χ0v) is 20.4. The van der Waals surface area contributed by atoms with Crippen molar-refractivity contribution in [2.45, 2.75) is 12.6 Å². The third kappa shape index (κ3) is 5.70. The number of alkyl halides is 3. The van der Waals surface area contributed by atoms with Gasteiger partial charge in [0.25, 0.3) is 5.91 Å². The third-order valence-electron chi connectivity index (χ3n) is 5.42. The van der Waals surface area contributed by atoms with Gasteiger partial charge in [-0.3, -0.25) is 14.7 Å². The maximum atomic E-state index is 14.6. The van der Waals surface area contributed by atoms with Crippen molar-refractivity contribution >= 4 is 38.5 Å². The number of H-pyrrole nitrogens is 1. The van der Waals surface area contributed by atoms with E-state index in [1.807, 2.05) is 5.10 Å². The lowest BCUT2D eigenvalue weighted by Crippen LogP contribution is -2.14. The van der Waals surface area contributed by atoms with Crippen LogP contribution in [0.4, 0.5) is 22.7 Å². The number of amides is 2. The number of hydrogen-bond acceptors (Lipinski definition) is 7. The highest BCUT2D eigenvalue weighted by Crippen LogP contribution is 2.33. The Labute approximate surface area is 220 Å². The number of halogens is 4. The number of nitrogens with one attached hydrogen (secondary N) is 2. The molecular weight excluding hydrogens is 540 g/mol. The number of primary amides is 1. The largest absolute Gasteiger partial charge is 0.435 e. The van der Waals surface area contributed by atoms with Crippen molar-refractivity contribution in [1.29, 1.82) is 0 Å². The first-order chi connectivity index (χ1) is 18.6. The van der Waals surface area contributed by atoms with Crippen molar-refractivity contribution in [3.8, 4) is 22.9 Å². The van der Waals surface area contributed by atoms with Crippen molar-refractivity contribution in [2.75, 3.05) is 5.32 Å². The highest BCUT2D eigenvalue weighted by molar-refractivity contribution is 7.22. The summed E-state index contributed by atoms with van der Waals surface area (Å²) in [6.07, 6.45) is -3.36. The number of aromatic nitrogens is 4. The van der Waals surface area contributed by atoms with E-state index in [9.17, 15) is 27.2 Å². The normalized spacial score (nSPS) is 11.5. The average molecular weight is 557 g/mol. The molecule has 14 heteroatoms. The summed E-state index contributed by atoms with van der Waals surface area (Å²) < 4.78 is 59.3. The Kier molecular flexibility index (Phi) is 6.70. The van der Waals surface area contributed by atoms with Crippen LogP contribution in [0.5, 0.6) is 11.6 Å². The fraction of sp³-hybridized carbons (Fsp3) is 0.0800. The molecule has 5 aromatic rings. The van der Waals surface area contributed by atoms with Crippen LogP contribution in [0.1, 0.15) is 21.6 Å². The van der Waals surface area contributed by atoms with Gasteiger partial charge >= 0.3 is 6.18 Å². The van der Waals surface area contributed by atoms with Gasteiger partial charge in [0.2, 0.25) is 11.8 Å². The maximum absolute atomic E-state index is 14.6. The Balaban J connectivity index is 1.26. The monoisotopic (exact) mass is 556 g/mol. The number of benzene rings is 2. The first kappa shape index (κ1) is 25.8. The van der Waals surface area contributed by atoms with Crippen LogP contribution in [-0.4, -0.2) is 32.0 Å². The second-order valence-corrected chi connectivity index (χ2v) is 9.21. The van der Waals surface area contributed by atoms with Crippen LogP contribution in [0.15, 0.2) is 60.8 Å². The molecular formula is C25H16F4N6O3S. The number of thiazole rings is 1. The summed E-state index contributed by atoms with van der Waals surface area (Å²) in [4.78, 5) is 32.3. The van der Waals surface area contributed by atoms with Crippen LogP contribution < -0.4 is 15.8 Å². The second kappa shape index (κ2) is 10.1. The topological polar surface area (TPSA) is 136 Å². The molecule has 2 amide bonds. The van der Waals surface area contributed by atoms with Crippen LogP contribution in [0.25, 0.3) is 21.5 Å². The molecule has 0 saturated carbocycles. The standard InChI is InChI=1S/C25H16F4N6O3S/c26-15-8-12(3-5-18(15)38-23-14(22(30)37)2-1-7-31-23)9-21(36)33-24-32-17-10-13(4-6-19(17)39-24)16-11-20(35-34-16)25(27,28)29/h1-8,10-11H,9H2,(H2,30,37)(H,34,35)(H,32,33,36). The van der Waals surface area contributed by atoms with Crippen molar-refractivity contribution < 1.29 is 31.9 Å². The molecule has 0 aliphatic rings. The predicted molar refractivity (Wildman–Crippen MR) is 134 cm³/mol. The zero-order valence-electron chi connectivity index (χ0n) is 19.5. The van der Waals surface area contributed by atoms with Crippen molar-refractivity contribution in [3.05, 3.63) is 83.4 Å². The van der Waals surface area contributed by atoms with Crippen LogP contribution in [0.2, 0.25) is 0 Å². The lowest BCUT2D eigenvalue weighted by molar-refractivity contribution is -0.141. The number of fused-ring (bicyclic) bond motifs is 1. The van der Waals surface area contributed by atoms with Gasteiger partial charge in [0.05, 0.1) is 22.3 Å². The summed E-state index contributed by atoms with van der Waals surface area (Å²) in [6.45, 7) is 0. The summed E-state index contributed by atoms with van der Waals surface area (Å²) >= 11 is 1.17. The average Bonchev–Trinajstić information content (AvgIpc) is 3.52. The van der Waals surface area contributed by atoms with E-state index < -0.39 is 29.5 Å². The minimum Gasteiger partial charge on any atom is -0.435 e. The first-order valence-electron chi connectivity index (χ1n) is 11.1. The molecule has 2 aromatic carbocycles. The first-order valence-corrected chi connectivity index (χ1v) is 11.9. The van der Waals surface area contributed by atoms with Gasteiger partial charge < -0.3 is 15.8 Å². The molecule has 0 aliphatic heterocycles. The van der Waals surface area contributed by atoms with E-state index in [1.54, 1.807) is 18.2 Å². The summed E-state index contributed by atoms with van der Waals surface area (Å²) in [7, 11) is 0. The number of ether oxygens (including phenoxy) is 1. The predicted octanol–water partition coefficient (Wildman–Crippen LogP) is 5.31. The van der Waals surface area contributed by atoms with E-state index in [2.05, 4.69) is 20.4 Å². The smallest absolute Gasteiger partial charge is 0.432 e. The number of carbonyl (C=O) groups excluding carboxylic acids is 2. The molecule has 0 atom stereocenters. The van der Waals surface area contributed by atoms with Gasteiger partial charge in [0.1, 0.15) is 11.3 Å². The molecule has 9 nitrogen and oxygen atoms in total. The molecule has 0 unspecified atom stereocenters. The highest BCUT2D eigenvalue weighted by atomic mass is 32.1. The minimum atomic E-state index is -4.54. The van der Waals surface area contributed by atoms with Crippen LogP contribution >= 0.6 is 11.3 Å². The molecule has 0 aliphatic carbocycles. The number of pyridine rings is 1. The molecule has 39 heavy (non-hydrogen) atoms. The highest BCUT2D eigenvalue weighted by Gasteiger charge is 2.33. The summed E-state index contributed by atoms with van der Waals surface area (Å²) in [5, 5.41) is 8.58. The summed E-state index contributed by atoms with van der Waals surface area (Å²) in [6, 6.07) is 12.5. The summed E-state index contributed by atoms with van der Waals surface area (Å²) in [5.74, 6) is -2.39. The second-order valence-electron chi connectivity index (χ2n) is 8.18. The number of anilines is 1. The van der Waals surface area contributed by atoms with Crippen molar-refractivity contribution in [1.82, 2.24) is 20.2 Å². The number of nitrogens with zero attached hydrogens (tertiary/aromatic N) is 3. The molecule has 3 heterocycles. The molecule has 0 saturated heterocycles. The molecule has 0 spiro atoms. The van der Waals surface area contributed by atoms with Gasteiger partial charge in [-0.15, -0.1) is 0 Å². The SMILES string of the molecule is NC(=O)c1cccnc1Oc1ccc(CC(=O)Nc2nc3cc(-c4cc(C(F)(F)F)[nH]n4)ccc3s2)cc1F. The number of rotatable bonds is 7. The molecule has 4 N–H and O–H groups in total. The van der Waals surface area contributed by atoms with Gasteiger partial charge in [0.15, 0.2) is 16.7 Å². The van der Waals surface area contributed by atoms with Crippen LogP contribution in [0.3, 0.4) is 0 Å². The quantitative estimate of drug-likeness (QED) is 0.233. The zero-order chi connectivity index (χ0) is 27.7. The Morgan fingerprint density at radius 2 is 1.92 bits per heavy atom. The fourth-order valence-corrected chi connectivity index (χ4v) is 4.47. The molecule has 198 valence electrons. The van der Waals surface area contributed by atoms with E-state index >= 15 is 0 Å². The van der Waals surface area contributed by atoms with Crippen LogP contribution in [-0.2, 0) is 17.4 Å². The number of nitrogens with two attached hydrogens (primary N) is 1. The van der Waals surface area contributed by atoms with Gasteiger partial charge in [-0.1, -0.05) is 23.5 Å².